The van der Waals surface area contributed by atoms with Crippen LogP contribution in [0.25, 0.3) is 0 Å². The molecule has 0 aliphatic carbocycles. The summed E-state index contributed by atoms with van der Waals surface area (Å²) in [5, 5.41) is 36.8. The molecule has 0 aromatic heterocycles. The molecule has 0 unspecified atom stereocenters. The molecular formula is C8H14O5. The highest BCUT2D eigenvalue weighted by Gasteiger charge is 2.44. The van der Waals surface area contributed by atoms with E-state index in [1.807, 2.05) is 0 Å². The van der Waals surface area contributed by atoms with Crippen LogP contribution in [0.5, 0.6) is 0 Å². The predicted molar refractivity (Wildman–Crippen MR) is 43.9 cm³/mol. The van der Waals surface area contributed by atoms with Gasteiger partial charge in [0.15, 0.2) is 6.29 Å². The molecule has 1 heterocycles. The molecule has 0 spiro atoms. The maximum Gasteiger partial charge on any atom is 0.184 e. The predicted octanol–water partition coefficient (Wildman–Crippen LogP) is -0.723. The molecule has 1 aliphatic heterocycles. The summed E-state index contributed by atoms with van der Waals surface area (Å²) in [4.78, 5) is 0. The van der Waals surface area contributed by atoms with Crippen LogP contribution >= 0.6 is 0 Å². The zero-order valence-corrected chi connectivity index (χ0v) is 7.51. The summed E-state index contributed by atoms with van der Waals surface area (Å²) in [5.74, 6) is -0.150. The monoisotopic (exact) mass is 190 g/mol. The second-order valence-electron chi connectivity index (χ2n) is 3.31. The second kappa shape index (κ2) is 3.63. The van der Waals surface area contributed by atoms with Crippen LogP contribution in [0.2, 0.25) is 0 Å². The Balaban J connectivity index is 2.80. The molecule has 13 heavy (non-hydrogen) atoms. The molecule has 4 N–H and O–H groups in total. The van der Waals surface area contributed by atoms with Gasteiger partial charge in [0, 0.05) is 0 Å². The molecule has 5 nitrogen and oxygen atoms in total. The van der Waals surface area contributed by atoms with Crippen molar-refractivity contribution >= 4 is 0 Å². The van der Waals surface area contributed by atoms with Gasteiger partial charge in [-0.05, 0) is 19.4 Å². The van der Waals surface area contributed by atoms with Gasteiger partial charge in [-0.3, -0.25) is 0 Å². The minimum Gasteiger partial charge on any atom is -0.510 e. The first kappa shape index (κ1) is 10.5. The second-order valence-corrected chi connectivity index (χ2v) is 3.31. The lowest BCUT2D eigenvalue weighted by Gasteiger charge is -2.14. The summed E-state index contributed by atoms with van der Waals surface area (Å²) in [6, 6.07) is 0. The molecule has 0 radical (unpaired) electrons. The molecule has 0 aromatic carbocycles. The Hall–Kier alpha value is -0.620. The van der Waals surface area contributed by atoms with Crippen LogP contribution in [-0.2, 0) is 4.74 Å². The van der Waals surface area contributed by atoms with Crippen molar-refractivity contribution in [1.29, 1.82) is 0 Å². The van der Waals surface area contributed by atoms with Crippen LogP contribution in [0.3, 0.4) is 0 Å². The summed E-state index contributed by atoms with van der Waals surface area (Å²) in [5.41, 5.74) is 0.574. The number of hydrogen-bond acceptors (Lipinski definition) is 5. The Morgan fingerprint density at radius 2 is 1.62 bits per heavy atom. The maximum atomic E-state index is 9.40. The van der Waals surface area contributed by atoms with E-state index in [1.165, 1.54) is 0 Å². The number of allylic oxidation sites excluding steroid dienone is 1. The lowest BCUT2D eigenvalue weighted by atomic mass is 10.1. The first-order chi connectivity index (χ1) is 5.95. The topological polar surface area (TPSA) is 90.2 Å². The van der Waals surface area contributed by atoms with Crippen LogP contribution in [0.4, 0.5) is 0 Å². The fourth-order valence-corrected chi connectivity index (χ4v) is 1.17. The summed E-state index contributed by atoms with van der Waals surface area (Å²) < 4.78 is 4.76. The largest absolute Gasteiger partial charge is 0.510 e. The SMILES string of the molecule is CC(C)=C(O)[C@H]1O[C@H](O)[C@H](O)[C@H]1O. The highest BCUT2D eigenvalue weighted by molar-refractivity contribution is 5.11. The van der Waals surface area contributed by atoms with E-state index in [2.05, 4.69) is 0 Å². The van der Waals surface area contributed by atoms with Crippen molar-refractivity contribution in [2.24, 2.45) is 0 Å². The average Bonchev–Trinajstić information content (AvgIpc) is 2.31. The number of hydrogen-bond donors (Lipinski definition) is 4. The van der Waals surface area contributed by atoms with Gasteiger partial charge in [0.1, 0.15) is 24.1 Å². The first-order valence-corrected chi connectivity index (χ1v) is 4.01. The molecule has 1 fully saturated rings. The molecule has 76 valence electrons. The van der Waals surface area contributed by atoms with Crippen LogP contribution < -0.4 is 0 Å². The zero-order chi connectivity index (χ0) is 10.2. The molecule has 5 heteroatoms. The van der Waals surface area contributed by atoms with E-state index >= 15 is 0 Å². The smallest absolute Gasteiger partial charge is 0.184 e. The molecule has 4 atom stereocenters. The third-order valence-electron chi connectivity index (χ3n) is 2.02. The lowest BCUT2D eigenvalue weighted by Crippen LogP contribution is -2.33. The summed E-state index contributed by atoms with van der Waals surface area (Å²) in [6.45, 7) is 3.28. The normalized spacial score (nSPS) is 39.2. The highest BCUT2D eigenvalue weighted by atomic mass is 16.6. The van der Waals surface area contributed by atoms with Gasteiger partial charge in [0.2, 0.25) is 0 Å². The third kappa shape index (κ3) is 1.83. The van der Waals surface area contributed by atoms with Crippen molar-refractivity contribution in [1.82, 2.24) is 0 Å². The number of rotatable bonds is 1. The Labute approximate surface area is 75.9 Å². The van der Waals surface area contributed by atoms with Gasteiger partial charge in [-0.25, -0.2) is 0 Å². The standard InChI is InChI=1S/C8H14O5/c1-3(2)4(9)7-5(10)6(11)8(12)13-7/h5-12H,1-2H3/t5-,6-,7-,8+/m1/s1. The van der Waals surface area contributed by atoms with Crippen molar-refractivity contribution < 1.29 is 25.2 Å². The molecular weight excluding hydrogens is 176 g/mol. The zero-order valence-electron chi connectivity index (χ0n) is 7.51. The van der Waals surface area contributed by atoms with Crippen molar-refractivity contribution in [3.63, 3.8) is 0 Å². The van der Waals surface area contributed by atoms with Crippen molar-refractivity contribution in [2.75, 3.05) is 0 Å². The Kier molecular flexibility index (Phi) is 2.92. The van der Waals surface area contributed by atoms with Gasteiger partial charge in [-0.15, -0.1) is 0 Å². The Morgan fingerprint density at radius 1 is 1.08 bits per heavy atom. The minimum atomic E-state index is -1.44. The van der Waals surface area contributed by atoms with Crippen molar-refractivity contribution in [3.8, 4) is 0 Å². The van der Waals surface area contributed by atoms with E-state index in [-0.39, 0.29) is 5.76 Å². The Morgan fingerprint density at radius 3 is 1.92 bits per heavy atom. The van der Waals surface area contributed by atoms with E-state index in [4.69, 9.17) is 14.9 Å². The summed E-state index contributed by atoms with van der Waals surface area (Å²) in [7, 11) is 0. The third-order valence-corrected chi connectivity index (χ3v) is 2.02. The molecule has 0 amide bonds. The van der Waals surface area contributed by atoms with Crippen molar-refractivity contribution in [3.05, 3.63) is 11.3 Å². The van der Waals surface area contributed by atoms with Gasteiger partial charge < -0.3 is 25.2 Å². The maximum absolute atomic E-state index is 9.40. The van der Waals surface area contributed by atoms with E-state index in [0.29, 0.717) is 5.57 Å². The van der Waals surface area contributed by atoms with Crippen molar-refractivity contribution in [2.45, 2.75) is 38.4 Å². The van der Waals surface area contributed by atoms with Gasteiger partial charge >= 0.3 is 0 Å². The fraction of sp³-hybridized carbons (Fsp3) is 0.750. The lowest BCUT2D eigenvalue weighted by molar-refractivity contribution is -0.125. The first-order valence-electron chi connectivity index (χ1n) is 4.01. The molecule has 1 saturated heterocycles. The van der Waals surface area contributed by atoms with E-state index < -0.39 is 24.6 Å². The number of aliphatic hydroxyl groups is 4. The van der Waals surface area contributed by atoms with Crippen LogP contribution in [0, 0.1) is 0 Å². The molecule has 0 bridgehead atoms. The van der Waals surface area contributed by atoms with E-state index in [0.717, 1.165) is 0 Å². The number of aliphatic hydroxyl groups excluding tert-OH is 4. The van der Waals surface area contributed by atoms with E-state index in [9.17, 15) is 10.2 Å². The molecule has 0 aromatic rings. The average molecular weight is 190 g/mol. The van der Waals surface area contributed by atoms with Crippen LogP contribution in [0.1, 0.15) is 13.8 Å². The molecule has 1 rings (SSSR count). The van der Waals surface area contributed by atoms with Crippen LogP contribution in [0.15, 0.2) is 11.3 Å². The fourth-order valence-electron chi connectivity index (χ4n) is 1.17. The number of ether oxygens (including phenoxy) is 1. The quantitative estimate of drug-likeness (QED) is 0.409. The molecule has 1 aliphatic rings. The van der Waals surface area contributed by atoms with Crippen LogP contribution in [-0.4, -0.2) is 45.0 Å². The van der Waals surface area contributed by atoms with Gasteiger partial charge in [0.05, 0.1) is 0 Å². The van der Waals surface area contributed by atoms with Gasteiger partial charge in [-0.1, -0.05) is 0 Å². The van der Waals surface area contributed by atoms with Gasteiger partial charge in [0.25, 0.3) is 0 Å². The minimum absolute atomic E-state index is 0.150. The van der Waals surface area contributed by atoms with E-state index in [1.54, 1.807) is 13.8 Å². The molecule has 0 saturated carbocycles. The summed E-state index contributed by atoms with van der Waals surface area (Å²) >= 11 is 0. The summed E-state index contributed by atoms with van der Waals surface area (Å²) in [6.07, 6.45) is -5.13. The van der Waals surface area contributed by atoms with Gasteiger partial charge in [-0.2, -0.15) is 0 Å². The highest BCUT2D eigenvalue weighted by Crippen LogP contribution is 2.25. The Bertz CT molecular complexity index is 221.